The smallest absolute Gasteiger partial charge is 0.149 e. The van der Waals surface area contributed by atoms with Crippen molar-refractivity contribution in [1.29, 1.82) is 0 Å². The molecule has 1 heterocycles. The molecule has 0 bridgehead atoms. The summed E-state index contributed by atoms with van der Waals surface area (Å²) in [7, 11) is 0. The highest BCUT2D eigenvalue weighted by molar-refractivity contribution is 5.43. The minimum atomic E-state index is -0.455. The molecule has 3 nitrogen and oxygen atoms in total. The molecular weight excluding hydrogens is 233 g/mol. The number of nitrogens with two attached hydrogens (primary N) is 1. The third-order valence-corrected chi connectivity index (χ3v) is 3.24. The largest absolute Gasteiger partial charge is 0.487 e. The monoisotopic (exact) mass is 253 g/mol. The normalized spacial score (nSPS) is 25.1. The molecule has 1 fully saturated rings. The lowest BCUT2D eigenvalue weighted by molar-refractivity contribution is -0.0846. The van der Waals surface area contributed by atoms with Crippen molar-refractivity contribution in [1.82, 2.24) is 0 Å². The molecule has 18 heavy (non-hydrogen) atoms. The standard InChI is InChI=1S/C14H20FNO2/c1-13(2)8-12(14(3,4)18-13)17-9-5-6-11(16)10(15)7-9/h5-7,12H,8,16H2,1-4H3. The van der Waals surface area contributed by atoms with Crippen LogP contribution in [0.1, 0.15) is 34.1 Å². The van der Waals surface area contributed by atoms with Crippen LogP contribution in [0.25, 0.3) is 0 Å². The molecule has 0 aliphatic carbocycles. The van der Waals surface area contributed by atoms with Crippen LogP contribution in [0.2, 0.25) is 0 Å². The van der Waals surface area contributed by atoms with Crippen LogP contribution in [0.3, 0.4) is 0 Å². The molecule has 1 saturated heterocycles. The lowest BCUT2D eigenvalue weighted by Crippen LogP contribution is -2.36. The molecule has 1 atom stereocenters. The van der Waals surface area contributed by atoms with Gasteiger partial charge in [0.15, 0.2) is 0 Å². The summed E-state index contributed by atoms with van der Waals surface area (Å²) in [5.41, 5.74) is 4.96. The van der Waals surface area contributed by atoms with Crippen molar-refractivity contribution < 1.29 is 13.9 Å². The minimum absolute atomic E-state index is 0.101. The maximum atomic E-state index is 13.4. The van der Waals surface area contributed by atoms with Crippen LogP contribution in [-0.2, 0) is 4.74 Å². The van der Waals surface area contributed by atoms with Crippen molar-refractivity contribution in [3.63, 3.8) is 0 Å². The number of benzene rings is 1. The van der Waals surface area contributed by atoms with Crippen LogP contribution in [0.15, 0.2) is 18.2 Å². The Morgan fingerprint density at radius 3 is 2.50 bits per heavy atom. The van der Waals surface area contributed by atoms with Gasteiger partial charge in [0.1, 0.15) is 23.3 Å². The lowest BCUT2D eigenvalue weighted by atomic mass is 9.97. The third kappa shape index (κ3) is 2.58. The zero-order chi connectivity index (χ0) is 13.6. The van der Waals surface area contributed by atoms with E-state index < -0.39 is 5.82 Å². The number of halogens is 1. The van der Waals surface area contributed by atoms with E-state index in [-0.39, 0.29) is 23.0 Å². The zero-order valence-electron chi connectivity index (χ0n) is 11.3. The van der Waals surface area contributed by atoms with Gasteiger partial charge in [-0.1, -0.05) is 0 Å². The van der Waals surface area contributed by atoms with E-state index >= 15 is 0 Å². The molecule has 1 aliphatic heterocycles. The van der Waals surface area contributed by atoms with Crippen LogP contribution >= 0.6 is 0 Å². The Balaban J connectivity index is 2.16. The van der Waals surface area contributed by atoms with Crippen LogP contribution < -0.4 is 10.5 Å². The predicted molar refractivity (Wildman–Crippen MR) is 69.1 cm³/mol. The second-order valence-corrected chi connectivity index (χ2v) is 5.96. The van der Waals surface area contributed by atoms with E-state index in [0.717, 1.165) is 6.42 Å². The Hall–Kier alpha value is -1.29. The summed E-state index contributed by atoms with van der Waals surface area (Å²) in [5, 5.41) is 0. The molecule has 0 aromatic heterocycles. The summed E-state index contributed by atoms with van der Waals surface area (Å²) in [4.78, 5) is 0. The van der Waals surface area contributed by atoms with Gasteiger partial charge >= 0.3 is 0 Å². The highest BCUT2D eigenvalue weighted by Crippen LogP contribution is 2.39. The van der Waals surface area contributed by atoms with Gasteiger partial charge in [0.25, 0.3) is 0 Å². The SMILES string of the molecule is CC1(C)CC(Oc2ccc(N)c(F)c2)C(C)(C)O1. The Labute approximate surface area is 107 Å². The first kappa shape index (κ1) is 13.1. The fourth-order valence-corrected chi connectivity index (χ4v) is 2.44. The highest BCUT2D eigenvalue weighted by Gasteiger charge is 2.47. The molecule has 0 saturated carbocycles. The topological polar surface area (TPSA) is 44.5 Å². The number of hydrogen-bond donors (Lipinski definition) is 1. The molecule has 1 aliphatic rings. The van der Waals surface area contributed by atoms with E-state index in [1.165, 1.54) is 12.1 Å². The van der Waals surface area contributed by atoms with Gasteiger partial charge in [-0.15, -0.1) is 0 Å². The van der Waals surface area contributed by atoms with E-state index in [2.05, 4.69) is 0 Å². The lowest BCUT2D eigenvalue weighted by Gasteiger charge is -2.27. The summed E-state index contributed by atoms with van der Waals surface area (Å²) in [6.07, 6.45) is 0.668. The molecule has 0 radical (unpaired) electrons. The quantitative estimate of drug-likeness (QED) is 0.823. The van der Waals surface area contributed by atoms with Gasteiger partial charge < -0.3 is 15.2 Å². The Morgan fingerprint density at radius 2 is 2.00 bits per heavy atom. The Kier molecular flexibility index (Phi) is 3.01. The molecule has 0 spiro atoms. The van der Waals surface area contributed by atoms with Crippen molar-refractivity contribution >= 4 is 5.69 Å². The van der Waals surface area contributed by atoms with Gasteiger partial charge in [-0.2, -0.15) is 0 Å². The van der Waals surface area contributed by atoms with Crippen LogP contribution in [0.4, 0.5) is 10.1 Å². The maximum Gasteiger partial charge on any atom is 0.149 e. The van der Waals surface area contributed by atoms with E-state index in [9.17, 15) is 4.39 Å². The van der Waals surface area contributed by atoms with Crippen LogP contribution in [-0.4, -0.2) is 17.3 Å². The van der Waals surface area contributed by atoms with Gasteiger partial charge in [0, 0.05) is 12.5 Å². The summed E-state index contributed by atoms with van der Waals surface area (Å²) >= 11 is 0. The molecule has 2 N–H and O–H groups in total. The molecule has 1 aromatic rings. The first-order valence-corrected chi connectivity index (χ1v) is 6.11. The van der Waals surface area contributed by atoms with Crippen molar-refractivity contribution in [3.8, 4) is 5.75 Å². The van der Waals surface area contributed by atoms with E-state index in [4.69, 9.17) is 15.2 Å². The van der Waals surface area contributed by atoms with E-state index in [1.54, 1.807) is 6.07 Å². The average Bonchev–Trinajstić information content (AvgIpc) is 2.40. The van der Waals surface area contributed by atoms with Gasteiger partial charge in [-0.3, -0.25) is 0 Å². The van der Waals surface area contributed by atoms with Gasteiger partial charge in [-0.25, -0.2) is 4.39 Å². The summed E-state index contributed by atoms with van der Waals surface area (Å²) in [6, 6.07) is 4.51. The zero-order valence-corrected chi connectivity index (χ0v) is 11.3. The highest BCUT2D eigenvalue weighted by atomic mass is 19.1. The van der Waals surface area contributed by atoms with Gasteiger partial charge in [-0.05, 0) is 39.8 Å². The van der Waals surface area contributed by atoms with Crippen LogP contribution in [0, 0.1) is 5.82 Å². The summed E-state index contributed by atoms with van der Waals surface area (Å²) < 4.78 is 25.1. The molecule has 1 aromatic carbocycles. The maximum absolute atomic E-state index is 13.4. The summed E-state index contributed by atoms with van der Waals surface area (Å²) in [6.45, 7) is 8.03. The summed E-state index contributed by atoms with van der Waals surface area (Å²) in [5.74, 6) is 0.0320. The average molecular weight is 253 g/mol. The van der Waals surface area contributed by atoms with E-state index in [1.807, 2.05) is 27.7 Å². The second-order valence-electron chi connectivity index (χ2n) is 5.96. The molecule has 1 unspecified atom stereocenters. The van der Waals surface area contributed by atoms with Crippen molar-refractivity contribution in [3.05, 3.63) is 24.0 Å². The predicted octanol–water partition coefficient (Wildman–Crippen LogP) is 3.13. The van der Waals surface area contributed by atoms with Crippen molar-refractivity contribution in [2.75, 3.05) is 5.73 Å². The fourth-order valence-electron chi connectivity index (χ4n) is 2.44. The third-order valence-electron chi connectivity index (χ3n) is 3.24. The minimum Gasteiger partial charge on any atom is -0.487 e. The van der Waals surface area contributed by atoms with Crippen molar-refractivity contribution in [2.45, 2.75) is 51.4 Å². The van der Waals surface area contributed by atoms with Gasteiger partial charge in [0.05, 0.1) is 11.3 Å². The molecule has 4 heteroatoms. The van der Waals surface area contributed by atoms with Crippen LogP contribution in [0.5, 0.6) is 5.75 Å². The number of ether oxygens (including phenoxy) is 2. The number of rotatable bonds is 2. The molecular formula is C14H20FNO2. The van der Waals surface area contributed by atoms with Gasteiger partial charge in [0.2, 0.25) is 0 Å². The molecule has 2 rings (SSSR count). The number of hydrogen-bond acceptors (Lipinski definition) is 3. The fraction of sp³-hybridized carbons (Fsp3) is 0.571. The van der Waals surface area contributed by atoms with E-state index in [0.29, 0.717) is 5.75 Å². The second kappa shape index (κ2) is 4.12. The number of nitrogen functional groups attached to an aromatic ring is 1. The first-order chi connectivity index (χ1) is 8.20. The first-order valence-electron chi connectivity index (χ1n) is 6.11. The van der Waals surface area contributed by atoms with Crippen molar-refractivity contribution in [2.24, 2.45) is 0 Å². The Bertz CT molecular complexity index is 457. The molecule has 0 amide bonds. The molecule has 100 valence electrons. The number of anilines is 1. The Morgan fingerprint density at radius 1 is 1.33 bits per heavy atom.